The van der Waals surface area contributed by atoms with Gasteiger partial charge in [0.05, 0.1) is 6.21 Å². The first-order valence-electron chi connectivity index (χ1n) is 3.28. The fourth-order valence-electron chi connectivity index (χ4n) is 0.591. The molecule has 0 aromatic heterocycles. The zero-order chi connectivity index (χ0) is 9.12. The lowest BCUT2D eigenvalue weighted by molar-refractivity contribution is 0.319. The maximum atomic E-state index is 11.2. The van der Waals surface area contributed by atoms with E-state index >= 15 is 0 Å². The number of hydrogen-bond donors (Lipinski definition) is 1. The lowest BCUT2D eigenvalue weighted by atomic mass is 10.2. The van der Waals surface area contributed by atoms with Gasteiger partial charge in [-0.25, -0.2) is 8.42 Å². The highest BCUT2D eigenvalue weighted by molar-refractivity contribution is 7.93. The van der Waals surface area contributed by atoms with Gasteiger partial charge in [0, 0.05) is 5.75 Å². The molecule has 0 rings (SSSR count). The zero-order valence-electron chi connectivity index (χ0n) is 6.90. The van der Waals surface area contributed by atoms with E-state index in [9.17, 15) is 8.42 Å². The van der Waals surface area contributed by atoms with E-state index < -0.39 is 14.6 Å². The summed E-state index contributed by atoms with van der Waals surface area (Å²) < 4.78 is 21.3. The predicted molar refractivity (Wildman–Crippen MR) is 43.8 cm³/mol. The van der Waals surface area contributed by atoms with Crippen LogP contribution in [-0.2, 0) is 9.84 Å². The van der Waals surface area contributed by atoms with Crippen molar-refractivity contribution in [3.63, 3.8) is 0 Å². The Kier molecular flexibility index (Phi) is 3.04. The van der Waals surface area contributed by atoms with E-state index in [1.54, 1.807) is 6.92 Å². The van der Waals surface area contributed by atoms with Crippen LogP contribution in [0.3, 0.4) is 0 Å². The molecule has 66 valence electrons. The van der Waals surface area contributed by atoms with E-state index in [1.165, 1.54) is 13.8 Å². The summed E-state index contributed by atoms with van der Waals surface area (Å²) in [6.07, 6.45) is 1.02. The molecular formula is C6H13NO3S. The van der Waals surface area contributed by atoms with Crippen molar-refractivity contribution in [2.45, 2.75) is 25.5 Å². The highest BCUT2D eigenvalue weighted by atomic mass is 32.2. The molecule has 0 amide bonds. The van der Waals surface area contributed by atoms with Gasteiger partial charge in [-0.05, 0) is 13.8 Å². The number of oxime groups is 1. The average molecular weight is 179 g/mol. The summed E-state index contributed by atoms with van der Waals surface area (Å²) in [5.41, 5.74) is 0. The van der Waals surface area contributed by atoms with Crippen molar-refractivity contribution >= 4 is 16.1 Å². The molecule has 0 unspecified atom stereocenters. The third-order valence-corrected chi connectivity index (χ3v) is 4.02. The van der Waals surface area contributed by atoms with Crippen molar-refractivity contribution < 1.29 is 13.6 Å². The van der Waals surface area contributed by atoms with Gasteiger partial charge in [0.15, 0.2) is 9.84 Å². The molecule has 0 saturated heterocycles. The summed E-state index contributed by atoms with van der Waals surface area (Å²) in [7, 11) is -3.17. The predicted octanol–water partition coefficient (Wildman–Crippen LogP) is 0.660. The van der Waals surface area contributed by atoms with Crippen molar-refractivity contribution in [1.29, 1.82) is 0 Å². The van der Waals surface area contributed by atoms with E-state index in [1.807, 2.05) is 0 Å². The summed E-state index contributed by atoms with van der Waals surface area (Å²) in [4.78, 5) is 0. The smallest absolute Gasteiger partial charge is 0.160 e. The van der Waals surface area contributed by atoms with Crippen LogP contribution < -0.4 is 0 Å². The minimum absolute atomic E-state index is 0.0476. The minimum Gasteiger partial charge on any atom is -0.411 e. The molecule has 0 fully saturated rings. The number of hydrogen-bond acceptors (Lipinski definition) is 4. The van der Waals surface area contributed by atoms with Gasteiger partial charge in [0.2, 0.25) is 0 Å². The van der Waals surface area contributed by atoms with E-state index in [4.69, 9.17) is 5.21 Å². The van der Waals surface area contributed by atoms with Gasteiger partial charge in [-0.1, -0.05) is 6.92 Å². The third-order valence-electron chi connectivity index (χ3n) is 1.55. The Bertz CT molecular complexity index is 241. The largest absolute Gasteiger partial charge is 0.411 e. The van der Waals surface area contributed by atoms with E-state index in [-0.39, 0.29) is 5.75 Å². The molecule has 0 aliphatic heterocycles. The lowest BCUT2D eigenvalue weighted by Crippen LogP contribution is -2.34. The topological polar surface area (TPSA) is 66.7 Å². The number of nitrogens with zero attached hydrogens (tertiary/aromatic N) is 1. The standard InChI is InChI=1S/C6H13NO3S/c1-4-11(9,10)6(2,3)5-7-8/h5,8H,4H2,1-3H3/b7-5-. The first-order valence-corrected chi connectivity index (χ1v) is 4.93. The summed E-state index contributed by atoms with van der Waals surface area (Å²) in [5.74, 6) is 0.0476. The second-order valence-electron chi connectivity index (χ2n) is 2.75. The Morgan fingerprint density at radius 1 is 1.55 bits per heavy atom. The number of rotatable bonds is 3. The zero-order valence-corrected chi connectivity index (χ0v) is 7.72. The molecule has 0 spiro atoms. The van der Waals surface area contributed by atoms with E-state index in [2.05, 4.69) is 5.16 Å². The Hall–Kier alpha value is -0.580. The second kappa shape index (κ2) is 3.21. The third kappa shape index (κ3) is 2.18. The van der Waals surface area contributed by atoms with Crippen LogP contribution >= 0.6 is 0 Å². The molecular weight excluding hydrogens is 166 g/mol. The first kappa shape index (κ1) is 10.4. The lowest BCUT2D eigenvalue weighted by Gasteiger charge is -2.17. The summed E-state index contributed by atoms with van der Waals surface area (Å²) in [6.45, 7) is 4.54. The van der Waals surface area contributed by atoms with E-state index in [0.717, 1.165) is 6.21 Å². The molecule has 0 heterocycles. The van der Waals surface area contributed by atoms with Crippen LogP contribution in [0.15, 0.2) is 5.16 Å². The van der Waals surface area contributed by atoms with E-state index in [0.29, 0.717) is 0 Å². The maximum Gasteiger partial charge on any atom is 0.160 e. The van der Waals surface area contributed by atoms with Crippen molar-refractivity contribution in [3.05, 3.63) is 0 Å². The summed E-state index contributed by atoms with van der Waals surface area (Å²) in [6, 6.07) is 0. The normalized spacial score (nSPS) is 14.1. The summed E-state index contributed by atoms with van der Waals surface area (Å²) in [5, 5.41) is 10.9. The van der Waals surface area contributed by atoms with Gasteiger partial charge >= 0.3 is 0 Å². The van der Waals surface area contributed by atoms with Crippen molar-refractivity contribution in [3.8, 4) is 0 Å². The van der Waals surface area contributed by atoms with Crippen LogP contribution in [-0.4, -0.2) is 30.3 Å². The molecule has 0 saturated carbocycles. The SMILES string of the molecule is CCS(=O)(=O)C(C)(C)/C=N\O. The van der Waals surface area contributed by atoms with Gasteiger partial charge in [-0.3, -0.25) is 0 Å². The maximum absolute atomic E-state index is 11.2. The molecule has 0 bridgehead atoms. The Morgan fingerprint density at radius 3 is 2.27 bits per heavy atom. The summed E-state index contributed by atoms with van der Waals surface area (Å²) >= 11 is 0. The van der Waals surface area contributed by atoms with Crippen LogP contribution in [0.25, 0.3) is 0 Å². The highest BCUT2D eigenvalue weighted by Gasteiger charge is 2.30. The minimum atomic E-state index is -3.17. The van der Waals surface area contributed by atoms with Gasteiger partial charge in [-0.2, -0.15) is 0 Å². The van der Waals surface area contributed by atoms with Crippen LogP contribution in [0, 0.1) is 0 Å². The van der Waals surface area contributed by atoms with Gasteiger partial charge in [-0.15, -0.1) is 5.16 Å². The Balaban J connectivity index is 4.84. The van der Waals surface area contributed by atoms with Crippen LogP contribution in [0.5, 0.6) is 0 Å². The van der Waals surface area contributed by atoms with Crippen molar-refractivity contribution in [2.75, 3.05) is 5.75 Å². The first-order chi connectivity index (χ1) is 4.87. The van der Waals surface area contributed by atoms with Crippen molar-refractivity contribution in [1.82, 2.24) is 0 Å². The molecule has 0 aromatic carbocycles. The molecule has 0 aliphatic rings. The molecule has 5 heteroatoms. The number of sulfone groups is 1. The van der Waals surface area contributed by atoms with Gasteiger partial charge < -0.3 is 5.21 Å². The van der Waals surface area contributed by atoms with Crippen LogP contribution in [0.1, 0.15) is 20.8 Å². The molecule has 0 aromatic rings. The monoisotopic (exact) mass is 179 g/mol. The van der Waals surface area contributed by atoms with Gasteiger partial charge in [0.1, 0.15) is 4.75 Å². The van der Waals surface area contributed by atoms with Gasteiger partial charge in [0.25, 0.3) is 0 Å². The molecule has 0 radical (unpaired) electrons. The second-order valence-corrected chi connectivity index (χ2v) is 5.61. The Morgan fingerprint density at radius 2 is 2.00 bits per heavy atom. The average Bonchev–Trinajstić information content (AvgIpc) is 1.87. The molecule has 11 heavy (non-hydrogen) atoms. The van der Waals surface area contributed by atoms with Crippen molar-refractivity contribution in [2.24, 2.45) is 5.16 Å². The molecule has 1 N–H and O–H groups in total. The van der Waals surface area contributed by atoms with Crippen LogP contribution in [0.4, 0.5) is 0 Å². The molecule has 4 nitrogen and oxygen atoms in total. The van der Waals surface area contributed by atoms with Crippen LogP contribution in [0.2, 0.25) is 0 Å². The quantitative estimate of drug-likeness (QED) is 0.393. The molecule has 0 atom stereocenters. The fourth-order valence-corrected chi connectivity index (χ4v) is 1.54. The molecule has 0 aliphatic carbocycles. The highest BCUT2D eigenvalue weighted by Crippen LogP contribution is 2.13. The fraction of sp³-hybridized carbons (Fsp3) is 0.833. The Labute approximate surface area is 66.8 Å².